The molecule has 0 bridgehead atoms. The summed E-state index contributed by atoms with van der Waals surface area (Å²) >= 11 is 0. The first-order valence-corrected chi connectivity index (χ1v) is 8.65. The molecule has 124 valence electrons. The summed E-state index contributed by atoms with van der Waals surface area (Å²) in [6.45, 7) is 7.05. The van der Waals surface area contributed by atoms with Crippen molar-refractivity contribution in [2.24, 2.45) is 0 Å². The van der Waals surface area contributed by atoms with Crippen LogP contribution in [0.2, 0.25) is 0 Å². The fourth-order valence-corrected chi connectivity index (χ4v) is 3.17. The molecule has 1 atom stereocenters. The van der Waals surface area contributed by atoms with Crippen LogP contribution in [0.5, 0.6) is 0 Å². The Morgan fingerprint density at radius 3 is 2.57 bits per heavy atom. The van der Waals surface area contributed by atoms with Gasteiger partial charge in [0, 0.05) is 12.0 Å². The SMILES string of the molecule is CCCC(=O)C1C=C(c2ccc(C)cc2)N(CN2CCCC2)O1. The van der Waals surface area contributed by atoms with E-state index in [0.717, 1.165) is 37.4 Å². The van der Waals surface area contributed by atoms with Crippen molar-refractivity contribution in [2.75, 3.05) is 19.8 Å². The van der Waals surface area contributed by atoms with Crippen LogP contribution in [-0.4, -0.2) is 41.6 Å². The molecule has 23 heavy (non-hydrogen) atoms. The number of hydrogen-bond donors (Lipinski definition) is 0. The van der Waals surface area contributed by atoms with E-state index in [2.05, 4.69) is 36.1 Å². The van der Waals surface area contributed by atoms with Gasteiger partial charge < -0.3 is 0 Å². The molecule has 4 nitrogen and oxygen atoms in total. The number of hydroxylamine groups is 2. The Morgan fingerprint density at radius 2 is 1.91 bits per heavy atom. The molecule has 0 spiro atoms. The number of ketones is 1. The molecule has 0 radical (unpaired) electrons. The van der Waals surface area contributed by atoms with Gasteiger partial charge in [0.2, 0.25) is 0 Å². The van der Waals surface area contributed by atoms with Gasteiger partial charge in [-0.05, 0) is 45.4 Å². The average Bonchev–Trinajstić information content (AvgIpc) is 3.19. The van der Waals surface area contributed by atoms with Gasteiger partial charge >= 0.3 is 0 Å². The molecule has 1 aromatic carbocycles. The number of benzene rings is 1. The highest BCUT2D eigenvalue weighted by Gasteiger charge is 2.31. The number of carbonyl (C=O) groups is 1. The van der Waals surface area contributed by atoms with Crippen molar-refractivity contribution in [3.8, 4) is 0 Å². The molecule has 1 saturated heterocycles. The van der Waals surface area contributed by atoms with E-state index in [1.54, 1.807) is 0 Å². The van der Waals surface area contributed by atoms with Gasteiger partial charge in [-0.3, -0.25) is 14.5 Å². The third-order valence-corrected chi connectivity index (χ3v) is 4.51. The van der Waals surface area contributed by atoms with E-state index in [9.17, 15) is 4.79 Å². The molecule has 4 heteroatoms. The first-order chi connectivity index (χ1) is 11.2. The molecular weight excluding hydrogens is 288 g/mol. The van der Waals surface area contributed by atoms with Crippen LogP contribution < -0.4 is 0 Å². The molecule has 3 rings (SSSR count). The molecule has 0 aromatic heterocycles. The first-order valence-electron chi connectivity index (χ1n) is 8.65. The number of likely N-dealkylation sites (tertiary alicyclic amines) is 1. The fraction of sp³-hybridized carbons (Fsp3) is 0.526. The second-order valence-electron chi connectivity index (χ2n) is 6.51. The average molecular weight is 314 g/mol. The topological polar surface area (TPSA) is 32.8 Å². The van der Waals surface area contributed by atoms with Crippen LogP contribution in [0, 0.1) is 6.92 Å². The highest BCUT2D eigenvalue weighted by molar-refractivity contribution is 5.87. The van der Waals surface area contributed by atoms with E-state index in [1.807, 2.05) is 18.1 Å². The lowest BCUT2D eigenvalue weighted by atomic mass is 10.1. The zero-order valence-electron chi connectivity index (χ0n) is 14.1. The molecule has 2 aliphatic rings. The molecule has 2 heterocycles. The fourth-order valence-electron chi connectivity index (χ4n) is 3.17. The Hall–Kier alpha value is -1.65. The van der Waals surface area contributed by atoms with Gasteiger partial charge in [-0.2, -0.15) is 0 Å². The van der Waals surface area contributed by atoms with E-state index in [0.29, 0.717) is 6.42 Å². The standard InChI is InChI=1S/C19H26N2O2/c1-3-6-18(22)19-13-17(16-9-7-15(2)8-10-16)21(23-19)14-20-11-4-5-12-20/h7-10,13,19H,3-6,11-12,14H2,1-2H3. The molecule has 2 aliphatic heterocycles. The molecule has 0 aliphatic carbocycles. The maximum Gasteiger partial charge on any atom is 0.168 e. The predicted octanol–water partition coefficient (Wildman–Crippen LogP) is 3.37. The third kappa shape index (κ3) is 3.82. The highest BCUT2D eigenvalue weighted by Crippen LogP contribution is 2.29. The highest BCUT2D eigenvalue weighted by atomic mass is 16.7. The Morgan fingerprint density at radius 1 is 1.22 bits per heavy atom. The van der Waals surface area contributed by atoms with Gasteiger partial charge in [0.15, 0.2) is 11.9 Å². The van der Waals surface area contributed by atoms with Gasteiger partial charge in [-0.15, -0.1) is 0 Å². The summed E-state index contributed by atoms with van der Waals surface area (Å²) in [4.78, 5) is 20.6. The first kappa shape index (κ1) is 16.2. The lowest BCUT2D eigenvalue weighted by Crippen LogP contribution is -2.35. The molecule has 0 N–H and O–H groups in total. The number of nitrogens with zero attached hydrogens (tertiary/aromatic N) is 2. The van der Waals surface area contributed by atoms with Crippen molar-refractivity contribution in [3.05, 3.63) is 41.5 Å². The van der Waals surface area contributed by atoms with Gasteiger partial charge in [0.25, 0.3) is 0 Å². The Labute approximate surface area is 138 Å². The zero-order valence-corrected chi connectivity index (χ0v) is 14.1. The van der Waals surface area contributed by atoms with E-state index in [1.165, 1.54) is 18.4 Å². The van der Waals surface area contributed by atoms with Gasteiger partial charge in [-0.1, -0.05) is 36.8 Å². The van der Waals surface area contributed by atoms with Gasteiger partial charge in [-0.25, -0.2) is 5.06 Å². The lowest BCUT2D eigenvalue weighted by Gasteiger charge is -2.27. The maximum absolute atomic E-state index is 12.2. The second-order valence-corrected chi connectivity index (χ2v) is 6.51. The van der Waals surface area contributed by atoms with Crippen LogP contribution in [0.3, 0.4) is 0 Å². The number of rotatable bonds is 6. The van der Waals surface area contributed by atoms with Crippen molar-refractivity contribution in [1.82, 2.24) is 9.96 Å². The second kappa shape index (κ2) is 7.28. The van der Waals surface area contributed by atoms with Crippen LogP contribution >= 0.6 is 0 Å². The van der Waals surface area contributed by atoms with Crippen molar-refractivity contribution in [1.29, 1.82) is 0 Å². The largest absolute Gasteiger partial charge is 0.296 e. The Bertz CT molecular complexity index is 574. The summed E-state index contributed by atoms with van der Waals surface area (Å²) in [7, 11) is 0. The minimum absolute atomic E-state index is 0.168. The van der Waals surface area contributed by atoms with Crippen LogP contribution in [0.25, 0.3) is 5.70 Å². The van der Waals surface area contributed by atoms with Crippen molar-refractivity contribution in [2.45, 2.75) is 45.6 Å². The summed E-state index contributed by atoms with van der Waals surface area (Å²) in [6.07, 6.45) is 5.47. The smallest absolute Gasteiger partial charge is 0.168 e. The van der Waals surface area contributed by atoms with E-state index < -0.39 is 6.10 Å². The van der Waals surface area contributed by atoms with Gasteiger partial charge in [0.1, 0.15) is 0 Å². The quantitative estimate of drug-likeness (QED) is 0.806. The maximum atomic E-state index is 12.2. The van der Waals surface area contributed by atoms with E-state index in [-0.39, 0.29) is 5.78 Å². The molecule has 1 unspecified atom stereocenters. The summed E-state index contributed by atoms with van der Waals surface area (Å²) in [5, 5.41) is 1.91. The summed E-state index contributed by atoms with van der Waals surface area (Å²) in [5.74, 6) is 0.168. The van der Waals surface area contributed by atoms with Crippen molar-refractivity contribution >= 4 is 11.5 Å². The third-order valence-electron chi connectivity index (χ3n) is 4.51. The molecule has 1 fully saturated rings. The predicted molar refractivity (Wildman–Crippen MR) is 91.5 cm³/mol. The van der Waals surface area contributed by atoms with Gasteiger partial charge in [0.05, 0.1) is 12.4 Å². The van der Waals surface area contributed by atoms with E-state index >= 15 is 0 Å². The van der Waals surface area contributed by atoms with Crippen LogP contribution in [-0.2, 0) is 9.63 Å². The number of Topliss-reactive ketones (excluding diaryl/α,β-unsaturated/α-hetero) is 1. The lowest BCUT2D eigenvalue weighted by molar-refractivity contribution is -0.161. The number of carbonyl (C=O) groups excluding carboxylic acids is 1. The summed E-state index contributed by atoms with van der Waals surface area (Å²) in [6, 6.07) is 8.42. The van der Waals surface area contributed by atoms with Crippen molar-refractivity contribution in [3.63, 3.8) is 0 Å². The van der Waals surface area contributed by atoms with Crippen molar-refractivity contribution < 1.29 is 9.63 Å². The monoisotopic (exact) mass is 314 g/mol. The Kier molecular flexibility index (Phi) is 5.13. The summed E-state index contributed by atoms with van der Waals surface area (Å²) < 4.78 is 0. The molecular formula is C19H26N2O2. The van der Waals surface area contributed by atoms with Crippen LogP contribution in [0.1, 0.15) is 43.7 Å². The van der Waals surface area contributed by atoms with Crippen LogP contribution in [0.15, 0.2) is 30.3 Å². The van der Waals surface area contributed by atoms with E-state index in [4.69, 9.17) is 4.84 Å². The zero-order chi connectivity index (χ0) is 16.2. The number of hydrogen-bond acceptors (Lipinski definition) is 4. The molecule has 1 aromatic rings. The Balaban J connectivity index is 1.80. The minimum atomic E-state index is -0.436. The number of aryl methyl sites for hydroxylation is 1. The molecule has 0 amide bonds. The normalized spacial score (nSPS) is 21.7. The van der Waals surface area contributed by atoms with Crippen LogP contribution in [0.4, 0.5) is 0 Å². The molecule has 0 saturated carbocycles. The summed E-state index contributed by atoms with van der Waals surface area (Å²) in [5.41, 5.74) is 3.37. The minimum Gasteiger partial charge on any atom is -0.296 e.